The van der Waals surface area contributed by atoms with Gasteiger partial charge < -0.3 is 26.0 Å². The highest BCUT2D eigenvalue weighted by atomic mass is 32.1. The third-order valence-corrected chi connectivity index (χ3v) is 8.76. The molecule has 0 saturated carbocycles. The van der Waals surface area contributed by atoms with Gasteiger partial charge >= 0.3 is 0 Å². The molecule has 1 aromatic carbocycles. The quantitative estimate of drug-likeness (QED) is 0.542. The zero-order chi connectivity index (χ0) is 22.0. The van der Waals surface area contributed by atoms with E-state index in [2.05, 4.69) is 20.5 Å². The number of halogens is 1. The molecule has 2 fully saturated rings. The number of hydrogen-bond acceptors (Lipinski definition) is 8. The maximum absolute atomic E-state index is 15.0. The molecule has 0 radical (unpaired) electrons. The number of fused-ring (bicyclic) bond motifs is 4. The van der Waals surface area contributed by atoms with E-state index in [9.17, 15) is 4.79 Å². The van der Waals surface area contributed by atoms with Crippen molar-refractivity contribution in [3.8, 4) is 5.75 Å². The van der Waals surface area contributed by atoms with Crippen molar-refractivity contribution in [1.82, 2.24) is 15.6 Å². The van der Waals surface area contributed by atoms with Gasteiger partial charge in [-0.1, -0.05) is 0 Å². The van der Waals surface area contributed by atoms with Crippen molar-refractivity contribution in [2.45, 2.75) is 44.3 Å². The van der Waals surface area contributed by atoms with E-state index >= 15 is 4.39 Å². The van der Waals surface area contributed by atoms with Crippen LogP contribution in [0.15, 0.2) is 12.1 Å². The van der Waals surface area contributed by atoms with Gasteiger partial charge in [0.1, 0.15) is 27.9 Å². The lowest BCUT2D eigenvalue weighted by Crippen LogP contribution is -2.51. The van der Waals surface area contributed by atoms with Crippen LogP contribution in [0.25, 0.3) is 9.53 Å². The number of nitrogens with zero attached hydrogens (tertiary/aromatic N) is 2. The first-order valence-electron chi connectivity index (χ1n) is 10.9. The van der Waals surface area contributed by atoms with Gasteiger partial charge in [0, 0.05) is 31.2 Å². The second kappa shape index (κ2) is 7.57. The van der Waals surface area contributed by atoms with Crippen LogP contribution in [0.1, 0.15) is 33.1 Å². The summed E-state index contributed by atoms with van der Waals surface area (Å²) in [5.41, 5.74) is 8.06. The number of ether oxygens (including phenoxy) is 1. The lowest BCUT2D eigenvalue weighted by atomic mass is 10.0. The molecule has 2 bridgehead atoms. The Hall–Kier alpha value is -2.43. The fourth-order valence-electron chi connectivity index (χ4n) is 5.04. The Bertz CT molecular complexity index is 1210. The first-order valence-corrected chi connectivity index (χ1v) is 12.5. The molecule has 5 heterocycles. The van der Waals surface area contributed by atoms with Gasteiger partial charge in [0.2, 0.25) is 0 Å². The van der Waals surface area contributed by atoms with E-state index < -0.39 is 0 Å². The number of nitrogens with two attached hydrogens (primary N) is 1. The van der Waals surface area contributed by atoms with Crippen LogP contribution in [-0.4, -0.2) is 48.7 Å². The van der Waals surface area contributed by atoms with Gasteiger partial charge in [-0.25, -0.2) is 9.37 Å². The van der Waals surface area contributed by atoms with E-state index in [-0.39, 0.29) is 17.8 Å². The van der Waals surface area contributed by atoms with Crippen LogP contribution in [0, 0.1) is 12.7 Å². The molecule has 168 valence electrons. The molecular weight excluding hydrogens is 449 g/mol. The molecule has 32 heavy (non-hydrogen) atoms. The molecule has 4 N–H and O–H groups in total. The molecule has 6 rings (SSSR count). The number of amides is 1. The molecule has 2 saturated heterocycles. The molecule has 10 heteroatoms. The lowest BCUT2D eigenvalue weighted by molar-refractivity contribution is 0.0920. The molecular formula is C22H24FN5O2S2. The summed E-state index contributed by atoms with van der Waals surface area (Å²) >= 11 is 2.80. The number of hydrogen-bond donors (Lipinski definition) is 3. The molecule has 0 aliphatic carbocycles. The van der Waals surface area contributed by atoms with Crippen LogP contribution in [0.4, 0.5) is 15.8 Å². The summed E-state index contributed by atoms with van der Waals surface area (Å²) in [5, 5.41) is 7.51. The van der Waals surface area contributed by atoms with Crippen LogP contribution in [0.5, 0.6) is 5.75 Å². The predicted octanol–water partition coefficient (Wildman–Crippen LogP) is 3.06. The van der Waals surface area contributed by atoms with E-state index in [0.29, 0.717) is 47.1 Å². The average Bonchev–Trinajstić information content (AvgIpc) is 3.40. The number of aromatic nitrogens is 1. The maximum Gasteiger partial charge on any atom is 0.263 e. The number of nitrogen functional groups attached to an aromatic ring is 1. The summed E-state index contributed by atoms with van der Waals surface area (Å²) in [4.78, 5) is 20.7. The van der Waals surface area contributed by atoms with Crippen LogP contribution in [0.2, 0.25) is 0 Å². The van der Waals surface area contributed by atoms with Crippen LogP contribution in [-0.2, 0) is 6.42 Å². The molecule has 3 aromatic rings. The minimum atomic E-state index is -0.246. The second-order valence-corrected chi connectivity index (χ2v) is 11.1. The van der Waals surface area contributed by atoms with Gasteiger partial charge in [0.05, 0.1) is 27.1 Å². The van der Waals surface area contributed by atoms with Crippen molar-refractivity contribution < 1.29 is 13.9 Å². The van der Waals surface area contributed by atoms with E-state index in [4.69, 9.17) is 10.5 Å². The van der Waals surface area contributed by atoms with Crippen LogP contribution in [0.3, 0.4) is 0 Å². The highest BCUT2D eigenvalue weighted by molar-refractivity contribution is 7.29. The first kappa shape index (κ1) is 20.2. The number of carbonyl (C=O) groups is 1. The summed E-state index contributed by atoms with van der Waals surface area (Å²) in [7, 11) is 0. The summed E-state index contributed by atoms with van der Waals surface area (Å²) in [5.74, 6) is 0.235. The largest absolute Gasteiger partial charge is 0.491 e. The monoisotopic (exact) mass is 473 g/mol. The Morgan fingerprint density at radius 2 is 2.09 bits per heavy atom. The van der Waals surface area contributed by atoms with Gasteiger partial charge in [-0.05, 0) is 37.8 Å². The van der Waals surface area contributed by atoms with Crippen molar-refractivity contribution in [3.05, 3.63) is 33.4 Å². The van der Waals surface area contributed by atoms with Gasteiger partial charge in [-0.15, -0.1) is 22.7 Å². The molecule has 1 amide bonds. The number of anilines is 2. The van der Waals surface area contributed by atoms with E-state index in [0.717, 1.165) is 46.0 Å². The van der Waals surface area contributed by atoms with Crippen molar-refractivity contribution in [1.29, 1.82) is 0 Å². The Morgan fingerprint density at radius 1 is 1.31 bits per heavy atom. The topological polar surface area (TPSA) is 92.5 Å². The Kier molecular flexibility index (Phi) is 4.78. The van der Waals surface area contributed by atoms with Crippen LogP contribution < -0.4 is 26.0 Å². The van der Waals surface area contributed by atoms with Gasteiger partial charge in [0.15, 0.2) is 0 Å². The Labute approximate surface area is 192 Å². The summed E-state index contributed by atoms with van der Waals surface area (Å²) < 4.78 is 21.9. The number of carbonyl (C=O) groups excluding carboxylic acids is 1. The van der Waals surface area contributed by atoms with E-state index in [1.165, 1.54) is 22.7 Å². The summed E-state index contributed by atoms with van der Waals surface area (Å²) in [6.45, 7) is 3.90. The Balaban J connectivity index is 1.18. The molecule has 2 unspecified atom stereocenters. The molecule has 3 aliphatic heterocycles. The number of rotatable bonds is 3. The number of benzene rings is 1. The van der Waals surface area contributed by atoms with E-state index in [1.807, 2.05) is 13.0 Å². The number of piperazine rings is 1. The second-order valence-electron chi connectivity index (χ2n) is 8.85. The first-order chi connectivity index (χ1) is 15.4. The van der Waals surface area contributed by atoms with Crippen LogP contribution >= 0.6 is 22.7 Å². The van der Waals surface area contributed by atoms with Crippen molar-refractivity contribution in [2.24, 2.45) is 0 Å². The Morgan fingerprint density at radius 3 is 2.84 bits per heavy atom. The minimum Gasteiger partial charge on any atom is -0.491 e. The van der Waals surface area contributed by atoms with Crippen molar-refractivity contribution >= 4 is 49.5 Å². The van der Waals surface area contributed by atoms with Crippen molar-refractivity contribution in [3.63, 3.8) is 0 Å². The van der Waals surface area contributed by atoms with Gasteiger partial charge in [0.25, 0.3) is 5.91 Å². The highest BCUT2D eigenvalue weighted by Crippen LogP contribution is 2.38. The normalized spacial score (nSPS) is 24.4. The lowest BCUT2D eigenvalue weighted by Gasteiger charge is -2.35. The zero-order valence-electron chi connectivity index (χ0n) is 17.6. The van der Waals surface area contributed by atoms with Gasteiger partial charge in [-0.2, -0.15) is 0 Å². The van der Waals surface area contributed by atoms with E-state index in [1.54, 1.807) is 6.07 Å². The minimum absolute atomic E-state index is 0.232. The third-order valence-electron chi connectivity index (χ3n) is 6.53. The molecule has 7 nitrogen and oxygen atoms in total. The number of nitrogens with one attached hydrogen (secondary N) is 2. The fourth-order valence-corrected chi connectivity index (χ4v) is 7.13. The third kappa shape index (κ3) is 3.41. The number of thiophene rings is 1. The smallest absolute Gasteiger partial charge is 0.263 e. The molecule has 0 spiro atoms. The molecule has 3 atom stereocenters. The maximum atomic E-state index is 15.0. The standard InChI is InChI=1S/C22H24FN5O2S2/c1-10-25-22-20(31-10)18(24)19(32-22)21(29)27-14-4-11-5-15(23)16(6-17(11)30-9-14)28-7-12-2-3-13(8-28)26-12/h5-6,12-14,26H,2-4,7-9,24H2,1H3,(H,27,29)/t12?,13?,14-/m0/s1. The molecule has 3 aliphatic rings. The number of aryl methyl sites for hydroxylation is 1. The zero-order valence-corrected chi connectivity index (χ0v) is 19.2. The summed E-state index contributed by atoms with van der Waals surface area (Å²) in [6, 6.07) is 4.01. The SMILES string of the molecule is Cc1nc2sc(C(=O)N[C@@H]3COc4cc(N5CC6CCC(C5)N6)c(F)cc4C3)c(N)c2s1. The number of thiazole rings is 1. The van der Waals surface area contributed by atoms with Gasteiger partial charge in [-0.3, -0.25) is 4.79 Å². The predicted molar refractivity (Wildman–Crippen MR) is 126 cm³/mol. The summed E-state index contributed by atoms with van der Waals surface area (Å²) in [6.07, 6.45) is 2.81. The fraction of sp³-hybridized carbons (Fsp3) is 0.455. The highest BCUT2D eigenvalue weighted by Gasteiger charge is 2.34. The average molecular weight is 474 g/mol. The molecule has 2 aromatic heterocycles. The van der Waals surface area contributed by atoms with Crippen molar-refractivity contribution in [2.75, 3.05) is 30.3 Å².